The molecule has 0 spiro atoms. The van der Waals surface area contributed by atoms with Crippen molar-refractivity contribution in [3.63, 3.8) is 0 Å². The van der Waals surface area contributed by atoms with Gasteiger partial charge in [0, 0.05) is 11.1 Å². The summed E-state index contributed by atoms with van der Waals surface area (Å²) in [5.41, 5.74) is 5.02. The molecule has 0 radical (unpaired) electrons. The van der Waals surface area contributed by atoms with E-state index < -0.39 is 0 Å². The van der Waals surface area contributed by atoms with E-state index in [1.54, 1.807) is 0 Å². The van der Waals surface area contributed by atoms with Crippen LogP contribution in [0.25, 0.3) is 0 Å². The van der Waals surface area contributed by atoms with Gasteiger partial charge in [0.1, 0.15) is 0 Å². The van der Waals surface area contributed by atoms with E-state index in [1.807, 2.05) is 11.9 Å². The maximum Gasteiger partial charge on any atom is 0.0557 e. The zero-order valence-corrected chi connectivity index (χ0v) is 13.4. The van der Waals surface area contributed by atoms with Crippen LogP contribution in [0.5, 0.6) is 0 Å². The molecule has 21 heavy (non-hydrogen) atoms. The van der Waals surface area contributed by atoms with Gasteiger partial charge in [0.2, 0.25) is 0 Å². The van der Waals surface area contributed by atoms with Gasteiger partial charge in [-0.05, 0) is 48.6 Å². The van der Waals surface area contributed by atoms with Gasteiger partial charge >= 0.3 is 0 Å². The number of halogens is 1. The maximum atomic E-state index is 5.90. The van der Waals surface area contributed by atoms with E-state index >= 15 is 0 Å². The van der Waals surface area contributed by atoms with Crippen molar-refractivity contribution in [2.75, 3.05) is 10.2 Å². The molecule has 0 aliphatic carbocycles. The fraction of sp³-hybridized carbons (Fsp3) is 0.222. The number of fused-ring (bicyclic) bond motifs is 1. The normalized spacial score (nSPS) is 17.4. The van der Waals surface area contributed by atoms with Crippen LogP contribution >= 0.6 is 23.5 Å². The van der Waals surface area contributed by atoms with Gasteiger partial charge in [-0.25, -0.2) is 0 Å². The Balaban J connectivity index is 1.93. The number of para-hydroxylation sites is 2. The van der Waals surface area contributed by atoms with Gasteiger partial charge in [-0.1, -0.05) is 48.6 Å². The van der Waals surface area contributed by atoms with E-state index in [4.69, 9.17) is 11.6 Å². The molecule has 1 aliphatic rings. The molecule has 1 unspecified atom stereocenters. The van der Waals surface area contributed by atoms with Gasteiger partial charge in [0.25, 0.3) is 0 Å². The number of alkyl halides is 1. The number of anilines is 2. The van der Waals surface area contributed by atoms with Gasteiger partial charge in [0.05, 0.1) is 11.4 Å². The van der Waals surface area contributed by atoms with E-state index in [-0.39, 0.29) is 0 Å². The lowest BCUT2D eigenvalue weighted by Crippen LogP contribution is -2.24. The average molecular weight is 316 g/mol. The van der Waals surface area contributed by atoms with Crippen molar-refractivity contribution in [2.45, 2.75) is 18.1 Å². The third-order valence-electron chi connectivity index (χ3n) is 3.61. The highest BCUT2D eigenvalue weighted by Gasteiger charge is 2.26. The molecule has 0 amide bonds. The van der Waals surface area contributed by atoms with Crippen LogP contribution in [-0.2, 0) is 6.42 Å². The number of benzene rings is 2. The first-order valence-corrected chi connectivity index (χ1v) is 8.47. The van der Waals surface area contributed by atoms with Gasteiger partial charge in [-0.3, -0.25) is 4.31 Å². The lowest BCUT2D eigenvalue weighted by atomic mass is 10.0. The third-order valence-corrected chi connectivity index (χ3v) is 5.24. The minimum atomic E-state index is 0.492. The maximum absolute atomic E-state index is 5.90. The minimum absolute atomic E-state index is 0.492. The molecular weight excluding hydrogens is 298 g/mol. The summed E-state index contributed by atoms with van der Waals surface area (Å²) in [7, 11) is 0. The van der Waals surface area contributed by atoms with Crippen LogP contribution < -0.4 is 4.31 Å². The smallest absolute Gasteiger partial charge is 0.0557 e. The second-order valence-electron chi connectivity index (χ2n) is 5.28. The van der Waals surface area contributed by atoms with E-state index in [2.05, 4.69) is 65.5 Å². The largest absolute Gasteiger partial charge is 0.284 e. The molecule has 3 heteroatoms. The van der Waals surface area contributed by atoms with Crippen molar-refractivity contribution < 1.29 is 0 Å². The van der Waals surface area contributed by atoms with Crippen molar-refractivity contribution in [1.82, 2.24) is 0 Å². The Morgan fingerprint density at radius 1 is 1.14 bits per heavy atom. The van der Waals surface area contributed by atoms with E-state index in [0.29, 0.717) is 11.1 Å². The molecule has 0 N–H and O–H groups in total. The molecule has 108 valence electrons. The van der Waals surface area contributed by atoms with Crippen LogP contribution in [0, 0.1) is 0 Å². The minimum Gasteiger partial charge on any atom is -0.284 e. The Morgan fingerprint density at radius 3 is 2.62 bits per heavy atom. The first-order valence-electron chi connectivity index (χ1n) is 7.10. The average Bonchev–Trinajstić information content (AvgIpc) is 2.55. The highest BCUT2D eigenvalue weighted by molar-refractivity contribution is 8.01. The van der Waals surface area contributed by atoms with Crippen LogP contribution in [0.15, 0.2) is 66.7 Å². The second kappa shape index (κ2) is 6.59. The van der Waals surface area contributed by atoms with Crippen LogP contribution in [0.2, 0.25) is 0 Å². The van der Waals surface area contributed by atoms with E-state index in [9.17, 15) is 0 Å². The van der Waals surface area contributed by atoms with Crippen molar-refractivity contribution in [2.24, 2.45) is 0 Å². The Kier molecular flexibility index (Phi) is 4.57. The molecular formula is C18H18ClNS. The highest BCUT2D eigenvalue weighted by atomic mass is 35.5. The lowest BCUT2D eigenvalue weighted by molar-refractivity contribution is 0.826. The van der Waals surface area contributed by atoms with Crippen LogP contribution in [0.3, 0.4) is 0 Å². The lowest BCUT2D eigenvalue weighted by Gasteiger charge is -2.35. The van der Waals surface area contributed by atoms with E-state index in [0.717, 1.165) is 18.4 Å². The quantitative estimate of drug-likeness (QED) is 0.411. The zero-order valence-electron chi connectivity index (χ0n) is 11.8. The summed E-state index contributed by atoms with van der Waals surface area (Å²) < 4.78 is 2.34. The van der Waals surface area contributed by atoms with Crippen molar-refractivity contribution in [1.29, 1.82) is 0 Å². The summed E-state index contributed by atoms with van der Waals surface area (Å²) in [5.74, 6) is 0.546. The predicted octanol–water partition coefficient (Wildman–Crippen LogP) is 5.58. The standard InChI is InChI=1S/C18H18ClNS/c1-14(13-19)11-17-12-15-7-5-6-10-18(15)20(21-17)16-8-3-2-4-9-16/h2-10,17H,1,11-13H2. The van der Waals surface area contributed by atoms with Crippen LogP contribution in [0.1, 0.15) is 12.0 Å². The molecule has 1 aliphatic heterocycles. The number of nitrogens with zero attached hydrogens (tertiary/aromatic N) is 1. The molecule has 2 aromatic carbocycles. The van der Waals surface area contributed by atoms with E-state index in [1.165, 1.54) is 16.9 Å². The number of hydrogen-bond donors (Lipinski definition) is 0. The molecule has 1 atom stereocenters. The summed E-state index contributed by atoms with van der Waals surface area (Å²) in [6.07, 6.45) is 2.03. The molecule has 2 aromatic rings. The molecule has 0 fully saturated rings. The Labute approximate surface area is 135 Å². The molecule has 0 aromatic heterocycles. The Bertz CT molecular complexity index is 626. The molecule has 1 heterocycles. The van der Waals surface area contributed by atoms with Crippen LogP contribution in [-0.4, -0.2) is 11.1 Å². The fourth-order valence-electron chi connectivity index (χ4n) is 2.62. The molecule has 0 saturated heterocycles. The monoisotopic (exact) mass is 315 g/mol. The molecule has 3 rings (SSSR count). The Morgan fingerprint density at radius 2 is 1.86 bits per heavy atom. The van der Waals surface area contributed by atoms with Gasteiger partial charge in [-0.2, -0.15) is 0 Å². The zero-order chi connectivity index (χ0) is 14.7. The first kappa shape index (κ1) is 14.6. The summed E-state index contributed by atoms with van der Waals surface area (Å²) in [4.78, 5) is 0. The topological polar surface area (TPSA) is 3.24 Å². The van der Waals surface area contributed by atoms with Crippen molar-refractivity contribution >= 4 is 34.9 Å². The third kappa shape index (κ3) is 3.28. The summed E-state index contributed by atoms with van der Waals surface area (Å²) in [6, 6.07) is 19.2. The summed E-state index contributed by atoms with van der Waals surface area (Å²) in [5, 5.41) is 0.492. The highest BCUT2D eigenvalue weighted by Crippen LogP contribution is 2.43. The molecule has 0 saturated carbocycles. The molecule has 1 nitrogen and oxygen atoms in total. The SMILES string of the molecule is C=C(CCl)CC1Cc2ccccc2N(c2ccccc2)S1. The van der Waals surface area contributed by atoms with Gasteiger partial charge in [-0.15, -0.1) is 11.6 Å². The Hall–Kier alpha value is -1.38. The number of allylic oxidation sites excluding steroid dienone is 1. The van der Waals surface area contributed by atoms with Gasteiger partial charge < -0.3 is 0 Å². The van der Waals surface area contributed by atoms with Crippen LogP contribution in [0.4, 0.5) is 11.4 Å². The van der Waals surface area contributed by atoms with Crippen molar-refractivity contribution in [3.05, 3.63) is 72.3 Å². The number of rotatable bonds is 4. The second-order valence-corrected chi connectivity index (χ2v) is 6.79. The first-order chi connectivity index (χ1) is 10.3. The van der Waals surface area contributed by atoms with Gasteiger partial charge in [0.15, 0.2) is 0 Å². The predicted molar refractivity (Wildman–Crippen MR) is 94.6 cm³/mol. The summed E-state index contributed by atoms with van der Waals surface area (Å²) >= 11 is 7.79. The van der Waals surface area contributed by atoms with Crippen molar-refractivity contribution in [3.8, 4) is 0 Å². The summed E-state index contributed by atoms with van der Waals surface area (Å²) in [6.45, 7) is 4.06. The molecule has 0 bridgehead atoms. The fourth-order valence-corrected chi connectivity index (χ4v) is 4.13. The number of hydrogen-bond acceptors (Lipinski definition) is 2.